The van der Waals surface area contributed by atoms with E-state index in [-0.39, 0.29) is 36.0 Å². The Morgan fingerprint density at radius 2 is 1.64 bits per heavy atom. The Morgan fingerprint density at radius 3 is 2.36 bits per heavy atom. The number of allylic oxidation sites excluding steroid dienone is 1. The van der Waals surface area contributed by atoms with Gasteiger partial charge in [-0.15, -0.1) is 0 Å². The van der Waals surface area contributed by atoms with Crippen LogP contribution in [0.2, 0.25) is 0 Å². The first-order chi connectivity index (χ1) is 34.1. The molecule has 0 spiro atoms. The number of fused-ring (bicyclic) bond motifs is 5. The zero-order chi connectivity index (χ0) is 52.0. The first-order valence-electron chi connectivity index (χ1n) is 27.7. The van der Waals surface area contributed by atoms with Crippen LogP contribution in [0, 0.1) is 46.3 Å². The molecule has 0 unspecified atom stereocenters. The average molecular weight is 995 g/mol. The largest absolute Gasteiger partial charge is 0.508 e. The van der Waals surface area contributed by atoms with Crippen LogP contribution < -0.4 is 20.5 Å². The van der Waals surface area contributed by atoms with Crippen LogP contribution in [0.4, 0.5) is 4.79 Å². The van der Waals surface area contributed by atoms with Crippen molar-refractivity contribution in [3.05, 3.63) is 71.6 Å². The third-order valence-corrected chi connectivity index (χ3v) is 17.7. The van der Waals surface area contributed by atoms with E-state index >= 15 is 0 Å². The minimum absolute atomic E-state index is 0.0654. The molecular weight excluding hydrogens is 907 g/mol. The number of carbonyl (C=O) groups excluding carboxylic acids is 5. The maximum absolute atomic E-state index is 14.6. The molecule has 396 valence electrons. The molecule has 4 amide bonds. The van der Waals surface area contributed by atoms with E-state index in [9.17, 15) is 29.1 Å². The molecule has 5 aliphatic rings. The lowest BCUT2D eigenvalue weighted by Gasteiger charge is -2.58. The van der Waals surface area contributed by atoms with Gasteiger partial charge in [-0.1, -0.05) is 77.7 Å². The summed E-state index contributed by atoms with van der Waals surface area (Å²) in [4.78, 5) is 71.0. The molecule has 11 atom stereocenters. The van der Waals surface area contributed by atoms with Gasteiger partial charge in [0.2, 0.25) is 11.8 Å². The highest BCUT2D eigenvalue weighted by Gasteiger charge is 2.59. The molecule has 2 aromatic rings. The predicted octanol–water partition coefficient (Wildman–Crippen LogP) is 9.68. The van der Waals surface area contributed by atoms with Crippen LogP contribution in [-0.2, 0) is 37.3 Å². The molecule has 4 N–H and O–H groups in total. The summed E-state index contributed by atoms with van der Waals surface area (Å²) in [5.41, 5.74) is 2.40. The van der Waals surface area contributed by atoms with Crippen molar-refractivity contribution in [2.45, 2.75) is 194 Å². The number of hydrogen-bond acceptors (Lipinski definition) is 8. The van der Waals surface area contributed by atoms with Crippen molar-refractivity contribution in [2.75, 3.05) is 13.1 Å². The summed E-state index contributed by atoms with van der Waals surface area (Å²) in [5, 5.41) is 18.8. The number of phenolic OH excluding ortho intramolecular Hbond substituents is 1. The molecule has 1 aromatic heterocycles. The van der Waals surface area contributed by atoms with E-state index in [1.807, 2.05) is 13.2 Å². The smallest absolute Gasteiger partial charge is 0.407 e. The number of carbonyl (C=O) groups is 5. The molecule has 3 saturated carbocycles. The zero-order valence-corrected chi connectivity index (χ0v) is 45.1. The molecule has 0 bridgehead atoms. The predicted molar refractivity (Wildman–Crippen MR) is 278 cm³/mol. The molecule has 2 heterocycles. The fourth-order valence-electron chi connectivity index (χ4n) is 14.0. The second-order valence-corrected chi connectivity index (χ2v) is 24.4. The van der Waals surface area contributed by atoms with Gasteiger partial charge in [-0.2, -0.15) is 0 Å². The Labute approximate surface area is 430 Å². The Balaban J connectivity index is 1.04. The number of esters is 1. The van der Waals surface area contributed by atoms with Gasteiger partial charge in [0.15, 0.2) is 12.4 Å². The number of nitrogens with zero attached hydrogens (tertiary/aromatic N) is 2. The number of phenols is 1. The van der Waals surface area contributed by atoms with Crippen molar-refractivity contribution < 1.29 is 43.1 Å². The van der Waals surface area contributed by atoms with Gasteiger partial charge in [-0.3, -0.25) is 14.4 Å². The summed E-state index contributed by atoms with van der Waals surface area (Å²) in [6.45, 7) is 18.4. The summed E-state index contributed by atoms with van der Waals surface area (Å²) in [5.74, 6) is 2.66. The van der Waals surface area contributed by atoms with Gasteiger partial charge in [-0.05, 0) is 168 Å². The Hall–Kier alpha value is -4.94. The number of aryl methyl sites for hydroxylation is 1. The molecule has 13 heteroatoms. The number of rotatable bonds is 19. The van der Waals surface area contributed by atoms with E-state index < -0.39 is 47.6 Å². The third kappa shape index (κ3) is 13.2. The van der Waals surface area contributed by atoms with E-state index in [4.69, 9.17) is 9.47 Å². The lowest BCUT2D eigenvalue weighted by atomic mass is 9.47. The van der Waals surface area contributed by atoms with Gasteiger partial charge in [0.1, 0.15) is 48.2 Å². The number of hydrogen-bond donors (Lipinski definition) is 4. The first-order valence-corrected chi connectivity index (χ1v) is 27.7. The van der Waals surface area contributed by atoms with Crippen molar-refractivity contribution in [2.24, 2.45) is 53.4 Å². The van der Waals surface area contributed by atoms with E-state index in [0.29, 0.717) is 73.6 Å². The minimum Gasteiger partial charge on any atom is -0.508 e. The van der Waals surface area contributed by atoms with Crippen LogP contribution >= 0.6 is 0 Å². The summed E-state index contributed by atoms with van der Waals surface area (Å²) in [6, 6.07) is 7.01. The van der Waals surface area contributed by atoms with E-state index in [0.717, 1.165) is 42.9 Å². The number of nitrogens with one attached hydrogen (secondary N) is 3. The average Bonchev–Trinajstić information content (AvgIpc) is 3.96. The monoisotopic (exact) mass is 995 g/mol. The fourth-order valence-corrected chi connectivity index (χ4v) is 14.0. The van der Waals surface area contributed by atoms with Gasteiger partial charge in [-0.25, -0.2) is 14.2 Å². The van der Waals surface area contributed by atoms with Crippen molar-refractivity contribution in [3.8, 4) is 5.75 Å². The number of ether oxygens (including phenoxy) is 2. The van der Waals surface area contributed by atoms with Crippen molar-refractivity contribution in [1.29, 1.82) is 0 Å². The number of likely N-dealkylation sites (tertiary alicyclic amines) is 1. The molecule has 0 radical (unpaired) electrons. The molecule has 1 aliphatic heterocycles. The minimum atomic E-state index is -1.12. The normalized spacial score (nSPS) is 28.1. The quantitative estimate of drug-likeness (QED) is 0.0467. The molecular formula is C59H88N5O8+. The van der Waals surface area contributed by atoms with Crippen LogP contribution in [0.3, 0.4) is 0 Å². The standard InChI is InChI=1S/C59H87N5O8/c1-38(2)15-12-16-39(3)46-26-27-47-45-25-22-42-36-44(28-30-58(42,7)48(45)29-31-59(46,47)8)71-55(69)49(18-10-11-32-60-56(70)72-57(4,5)6)61-52(66)50(35-40-20-23-43(65)24-21-40)62-53(67)51-19-14-34-64(51)54(68)41-17-13-33-63(9)37-41/h13,17,20-24,33,37-39,44-51H,10-12,14-16,18-19,25-32,34-36H2,1-9H3,(H3-,60,61,62,65,66,67,70)/p+1/t39-,44+,45+,46-,47+,48+,49+,50+,51+,58+,59-/m1/s1. The van der Waals surface area contributed by atoms with Crippen LogP contribution in [0.25, 0.3) is 0 Å². The maximum Gasteiger partial charge on any atom is 0.407 e. The molecule has 1 saturated heterocycles. The van der Waals surface area contributed by atoms with E-state index in [1.54, 1.807) is 60.7 Å². The number of aromatic hydroxyl groups is 1. The molecule has 13 nitrogen and oxygen atoms in total. The van der Waals surface area contributed by atoms with Crippen LogP contribution in [0.1, 0.15) is 174 Å². The fraction of sp³-hybridized carbons (Fsp3) is 0.695. The van der Waals surface area contributed by atoms with E-state index in [1.165, 1.54) is 62.7 Å². The number of amides is 4. The Bertz CT molecular complexity index is 2260. The Kier molecular flexibility index (Phi) is 17.9. The lowest BCUT2D eigenvalue weighted by molar-refractivity contribution is -0.671. The summed E-state index contributed by atoms with van der Waals surface area (Å²) >= 11 is 0. The third-order valence-electron chi connectivity index (χ3n) is 17.7. The number of pyridine rings is 1. The van der Waals surface area contributed by atoms with Gasteiger partial charge >= 0.3 is 12.1 Å². The summed E-state index contributed by atoms with van der Waals surface area (Å²) in [7, 11) is 1.83. The number of aromatic nitrogens is 1. The highest BCUT2D eigenvalue weighted by molar-refractivity contribution is 5.98. The van der Waals surface area contributed by atoms with Crippen molar-refractivity contribution in [1.82, 2.24) is 20.9 Å². The molecule has 4 aliphatic carbocycles. The van der Waals surface area contributed by atoms with Gasteiger partial charge < -0.3 is 35.4 Å². The summed E-state index contributed by atoms with van der Waals surface area (Å²) < 4.78 is 13.6. The highest BCUT2D eigenvalue weighted by atomic mass is 16.6. The second kappa shape index (κ2) is 23.5. The topological polar surface area (TPSA) is 167 Å². The SMILES string of the molecule is CC(C)CCC[C@@H](C)[C@H]1CC[C@H]2[C@@H]3CC=C4C[C@@H](OC(=O)[C@H](CCCCNC(=O)OC(C)(C)C)NC(=O)[C@H](Cc5ccc(O)cc5)NC(=O)[C@@H]5CCCN5C(=O)c5ccc[n+](C)c5)CC[C@]4(C)[C@H]3CC[C@]12C. The highest BCUT2D eigenvalue weighted by Crippen LogP contribution is 2.67. The van der Waals surface area contributed by atoms with Crippen LogP contribution in [0.5, 0.6) is 5.75 Å². The summed E-state index contributed by atoms with van der Waals surface area (Å²) in [6.07, 6.45) is 20.3. The van der Waals surface area contributed by atoms with Crippen LogP contribution in [-0.4, -0.2) is 82.7 Å². The molecule has 4 fully saturated rings. The second-order valence-electron chi connectivity index (χ2n) is 24.4. The number of benzene rings is 1. The van der Waals surface area contributed by atoms with Gasteiger partial charge in [0, 0.05) is 32.0 Å². The first kappa shape index (κ1) is 54.8. The number of unbranched alkanes of at least 4 members (excludes halogenated alkanes) is 1. The number of alkyl carbamates (subject to hydrolysis) is 1. The molecule has 7 rings (SSSR count). The zero-order valence-electron chi connectivity index (χ0n) is 45.1. The van der Waals surface area contributed by atoms with Crippen LogP contribution in [0.15, 0.2) is 60.4 Å². The maximum atomic E-state index is 14.6. The molecule has 72 heavy (non-hydrogen) atoms. The molecule has 1 aromatic carbocycles. The lowest BCUT2D eigenvalue weighted by Crippen LogP contribution is -2.56. The Morgan fingerprint density at radius 1 is 0.875 bits per heavy atom. The van der Waals surface area contributed by atoms with Crippen molar-refractivity contribution in [3.63, 3.8) is 0 Å². The van der Waals surface area contributed by atoms with Gasteiger partial charge in [0.25, 0.3) is 5.91 Å². The van der Waals surface area contributed by atoms with Crippen molar-refractivity contribution >= 4 is 29.8 Å². The van der Waals surface area contributed by atoms with E-state index in [2.05, 4.69) is 56.6 Å². The van der Waals surface area contributed by atoms with Gasteiger partial charge in [0.05, 0.1) is 0 Å².